The summed E-state index contributed by atoms with van der Waals surface area (Å²) in [5, 5.41) is 13.0. The molecule has 1 aliphatic heterocycles. The number of anilines is 3. The SMILES string of the molecule is CCN(CC)c1nc(NCc2ccccc2)nc(N2CCCC2CO)n1. The molecule has 1 unspecified atom stereocenters. The van der Waals surface area contributed by atoms with Crippen LogP contribution in [0.15, 0.2) is 30.3 Å². The zero-order valence-corrected chi connectivity index (χ0v) is 15.6. The van der Waals surface area contributed by atoms with E-state index in [1.165, 1.54) is 5.56 Å². The van der Waals surface area contributed by atoms with E-state index in [0.29, 0.717) is 24.4 Å². The molecule has 0 spiro atoms. The van der Waals surface area contributed by atoms with E-state index in [1.54, 1.807) is 0 Å². The molecule has 0 amide bonds. The third kappa shape index (κ3) is 4.22. The summed E-state index contributed by atoms with van der Waals surface area (Å²) >= 11 is 0. The van der Waals surface area contributed by atoms with E-state index >= 15 is 0 Å². The lowest BCUT2D eigenvalue weighted by Gasteiger charge is -2.25. The van der Waals surface area contributed by atoms with E-state index < -0.39 is 0 Å². The van der Waals surface area contributed by atoms with Gasteiger partial charge in [0.25, 0.3) is 0 Å². The normalized spacial score (nSPS) is 16.7. The lowest BCUT2D eigenvalue weighted by molar-refractivity contribution is 0.265. The molecule has 26 heavy (non-hydrogen) atoms. The molecule has 1 atom stereocenters. The van der Waals surface area contributed by atoms with Gasteiger partial charge in [-0.2, -0.15) is 15.0 Å². The Labute approximate surface area is 155 Å². The van der Waals surface area contributed by atoms with Crippen molar-refractivity contribution in [3.63, 3.8) is 0 Å². The van der Waals surface area contributed by atoms with Crippen LogP contribution in [0.1, 0.15) is 32.3 Å². The highest BCUT2D eigenvalue weighted by Crippen LogP contribution is 2.25. The topological polar surface area (TPSA) is 77.4 Å². The quantitative estimate of drug-likeness (QED) is 0.751. The summed E-state index contributed by atoms with van der Waals surface area (Å²) in [6.07, 6.45) is 2.01. The first-order chi connectivity index (χ1) is 12.7. The maximum absolute atomic E-state index is 9.65. The van der Waals surface area contributed by atoms with Crippen molar-refractivity contribution in [2.24, 2.45) is 0 Å². The molecular weight excluding hydrogens is 328 g/mol. The van der Waals surface area contributed by atoms with Crippen molar-refractivity contribution in [2.75, 3.05) is 41.4 Å². The van der Waals surface area contributed by atoms with Gasteiger partial charge in [0, 0.05) is 26.2 Å². The lowest BCUT2D eigenvalue weighted by Crippen LogP contribution is -2.34. The van der Waals surface area contributed by atoms with Gasteiger partial charge in [-0.3, -0.25) is 0 Å². The monoisotopic (exact) mass is 356 g/mol. The van der Waals surface area contributed by atoms with E-state index in [2.05, 4.69) is 56.0 Å². The average molecular weight is 356 g/mol. The number of benzene rings is 1. The van der Waals surface area contributed by atoms with Crippen LogP contribution in [0.5, 0.6) is 0 Å². The van der Waals surface area contributed by atoms with Gasteiger partial charge >= 0.3 is 0 Å². The molecule has 1 aromatic carbocycles. The molecule has 0 saturated carbocycles. The van der Waals surface area contributed by atoms with Crippen LogP contribution in [0.2, 0.25) is 0 Å². The Morgan fingerprint density at radius 3 is 2.62 bits per heavy atom. The molecule has 1 aliphatic rings. The van der Waals surface area contributed by atoms with Crippen LogP contribution in [-0.2, 0) is 6.54 Å². The predicted molar refractivity (Wildman–Crippen MR) is 105 cm³/mol. The molecule has 3 rings (SSSR count). The molecule has 2 aromatic rings. The number of nitrogens with one attached hydrogen (secondary N) is 1. The van der Waals surface area contributed by atoms with Crippen LogP contribution in [0, 0.1) is 0 Å². The van der Waals surface area contributed by atoms with Gasteiger partial charge in [-0.15, -0.1) is 0 Å². The number of hydrogen-bond donors (Lipinski definition) is 2. The molecule has 2 heterocycles. The summed E-state index contributed by atoms with van der Waals surface area (Å²) in [4.78, 5) is 18.2. The van der Waals surface area contributed by atoms with E-state index in [9.17, 15) is 5.11 Å². The maximum atomic E-state index is 9.65. The first-order valence-electron chi connectivity index (χ1n) is 9.41. The molecule has 140 valence electrons. The van der Waals surface area contributed by atoms with E-state index in [-0.39, 0.29) is 12.6 Å². The second-order valence-electron chi connectivity index (χ2n) is 6.44. The van der Waals surface area contributed by atoms with Crippen molar-refractivity contribution >= 4 is 17.8 Å². The molecular formula is C19H28N6O. The number of aromatic nitrogens is 3. The summed E-state index contributed by atoms with van der Waals surface area (Å²) in [6, 6.07) is 10.3. The Balaban J connectivity index is 1.87. The molecule has 0 bridgehead atoms. The smallest absolute Gasteiger partial charge is 0.232 e. The highest BCUT2D eigenvalue weighted by Gasteiger charge is 2.27. The third-order valence-electron chi connectivity index (χ3n) is 4.80. The first kappa shape index (κ1) is 18.4. The Kier molecular flexibility index (Phi) is 6.22. The average Bonchev–Trinajstić information content (AvgIpc) is 3.17. The van der Waals surface area contributed by atoms with Crippen LogP contribution in [0.4, 0.5) is 17.8 Å². The second-order valence-corrected chi connectivity index (χ2v) is 6.44. The molecule has 7 nitrogen and oxygen atoms in total. The Bertz CT molecular complexity index is 692. The maximum Gasteiger partial charge on any atom is 0.232 e. The standard InChI is InChI=1S/C19H28N6O/c1-3-24(4-2)18-21-17(20-13-15-9-6-5-7-10-15)22-19(23-18)25-12-8-11-16(25)14-26/h5-7,9-10,16,26H,3-4,8,11-14H2,1-2H3,(H,20,21,22,23). The fourth-order valence-corrected chi connectivity index (χ4v) is 3.28. The Morgan fingerprint density at radius 1 is 1.15 bits per heavy atom. The largest absolute Gasteiger partial charge is 0.394 e. The summed E-state index contributed by atoms with van der Waals surface area (Å²) in [7, 11) is 0. The molecule has 2 N–H and O–H groups in total. The zero-order valence-electron chi connectivity index (χ0n) is 15.6. The fraction of sp³-hybridized carbons (Fsp3) is 0.526. The van der Waals surface area contributed by atoms with Crippen molar-refractivity contribution in [1.82, 2.24) is 15.0 Å². The molecule has 7 heteroatoms. The molecule has 1 fully saturated rings. The van der Waals surface area contributed by atoms with Crippen LogP contribution in [0.25, 0.3) is 0 Å². The minimum absolute atomic E-state index is 0.0870. The molecule has 1 saturated heterocycles. The van der Waals surface area contributed by atoms with Gasteiger partial charge in [0.2, 0.25) is 17.8 Å². The van der Waals surface area contributed by atoms with Gasteiger partial charge in [-0.25, -0.2) is 0 Å². The van der Waals surface area contributed by atoms with Crippen LogP contribution < -0.4 is 15.1 Å². The highest BCUT2D eigenvalue weighted by molar-refractivity contribution is 5.46. The van der Waals surface area contributed by atoms with Gasteiger partial charge in [0.1, 0.15) is 0 Å². The molecule has 0 aliphatic carbocycles. The van der Waals surface area contributed by atoms with E-state index in [0.717, 1.165) is 32.5 Å². The summed E-state index contributed by atoms with van der Waals surface area (Å²) in [5.41, 5.74) is 1.17. The first-order valence-corrected chi connectivity index (χ1v) is 9.41. The summed E-state index contributed by atoms with van der Waals surface area (Å²) in [5.74, 6) is 1.90. The lowest BCUT2D eigenvalue weighted by atomic mass is 10.2. The van der Waals surface area contributed by atoms with E-state index in [1.807, 2.05) is 18.2 Å². The molecule has 1 aromatic heterocycles. The van der Waals surface area contributed by atoms with Crippen LogP contribution >= 0.6 is 0 Å². The number of nitrogens with zero attached hydrogens (tertiary/aromatic N) is 5. The van der Waals surface area contributed by atoms with Crippen molar-refractivity contribution in [1.29, 1.82) is 0 Å². The van der Waals surface area contributed by atoms with Gasteiger partial charge in [-0.05, 0) is 32.3 Å². The van der Waals surface area contributed by atoms with Gasteiger partial charge < -0.3 is 20.2 Å². The van der Waals surface area contributed by atoms with Gasteiger partial charge in [0.05, 0.1) is 12.6 Å². The van der Waals surface area contributed by atoms with Crippen molar-refractivity contribution in [2.45, 2.75) is 39.3 Å². The summed E-state index contributed by atoms with van der Waals surface area (Å²) < 4.78 is 0. The third-order valence-corrected chi connectivity index (χ3v) is 4.80. The fourth-order valence-electron chi connectivity index (χ4n) is 3.28. The second kappa shape index (κ2) is 8.80. The zero-order chi connectivity index (χ0) is 18.4. The molecule has 0 radical (unpaired) electrons. The Hall–Kier alpha value is -2.41. The van der Waals surface area contributed by atoms with E-state index in [4.69, 9.17) is 0 Å². The highest BCUT2D eigenvalue weighted by atomic mass is 16.3. The van der Waals surface area contributed by atoms with Crippen molar-refractivity contribution in [3.05, 3.63) is 35.9 Å². The van der Waals surface area contributed by atoms with Crippen molar-refractivity contribution in [3.8, 4) is 0 Å². The van der Waals surface area contributed by atoms with Crippen LogP contribution in [-0.4, -0.2) is 52.3 Å². The minimum atomic E-state index is 0.0870. The summed E-state index contributed by atoms with van der Waals surface area (Å²) in [6.45, 7) is 7.51. The predicted octanol–water partition coefficient (Wildman–Crippen LogP) is 2.29. The number of rotatable bonds is 8. The van der Waals surface area contributed by atoms with Crippen molar-refractivity contribution < 1.29 is 5.11 Å². The number of aliphatic hydroxyl groups is 1. The number of aliphatic hydroxyl groups excluding tert-OH is 1. The van der Waals surface area contributed by atoms with Gasteiger partial charge in [-0.1, -0.05) is 30.3 Å². The minimum Gasteiger partial charge on any atom is -0.394 e. The number of hydrogen-bond acceptors (Lipinski definition) is 7. The van der Waals surface area contributed by atoms with Crippen LogP contribution in [0.3, 0.4) is 0 Å². The Morgan fingerprint density at radius 2 is 1.92 bits per heavy atom. The van der Waals surface area contributed by atoms with Gasteiger partial charge in [0.15, 0.2) is 0 Å².